The van der Waals surface area contributed by atoms with E-state index in [4.69, 9.17) is 0 Å². The van der Waals surface area contributed by atoms with Gasteiger partial charge in [0.1, 0.15) is 5.82 Å². The van der Waals surface area contributed by atoms with Crippen LogP contribution >= 0.6 is 0 Å². The van der Waals surface area contributed by atoms with Crippen LogP contribution in [0, 0.1) is 12.7 Å². The van der Waals surface area contributed by atoms with Crippen LogP contribution in [0.25, 0.3) is 11.4 Å². The number of halogens is 1. The van der Waals surface area contributed by atoms with Crippen LogP contribution in [0.2, 0.25) is 0 Å². The second-order valence-corrected chi connectivity index (χ2v) is 3.20. The van der Waals surface area contributed by atoms with E-state index < -0.39 is 0 Å². The Labute approximate surface area is 86.3 Å². The zero-order valence-electron chi connectivity index (χ0n) is 8.11. The Balaban J connectivity index is 2.49. The normalized spacial score (nSPS) is 10.3. The van der Waals surface area contributed by atoms with Crippen LogP contribution in [0.15, 0.2) is 30.3 Å². The van der Waals surface area contributed by atoms with Crippen LogP contribution < -0.4 is 0 Å². The summed E-state index contributed by atoms with van der Waals surface area (Å²) in [4.78, 5) is 8.00. The van der Waals surface area contributed by atoms with E-state index in [1.54, 1.807) is 19.1 Å². The van der Waals surface area contributed by atoms with E-state index in [1.807, 2.05) is 0 Å². The van der Waals surface area contributed by atoms with Crippen molar-refractivity contribution in [2.45, 2.75) is 6.92 Å². The third-order valence-electron chi connectivity index (χ3n) is 1.94. The maximum Gasteiger partial charge on any atom is 0.214 e. The molecule has 0 aliphatic rings. The summed E-state index contributed by atoms with van der Waals surface area (Å²) in [6.07, 6.45) is 0. The molecule has 3 nitrogen and oxygen atoms in total. The van der Waals surface area contributed by atoms with E-state index in [0.29, 0.717) is 17.1 Å². The number of hydrogen-bond donors (Lipinski definition) is 1. The van der Waals surface area contributed by atoms with E-state index >= 15 is 0 Å². The smallest absolute Gasteiger partial charge is 0.214 e. The van der Waals surface area contributed by atoms with Gasteiger partial charge in [0, 0.05) is 17.3 Å². The lowest BCUT2D eigenvalue weighted by atomic mass is 10.2. The van der Waals surface area contributed by atoms with Gasteiger partial charge in [-0.15, -0.1) is 0 Å². The second kappa shape index (κ2) is 3.65. The molecule has 1 aromatic carbocycles. The van der Waals surface area contributed by atoms with Crippen molar-refractivity contribution >= 4 is 0 Å². The number of rotatable bonds is 1. The molecular weight excluding hydrogens is 195 g/mol. The molecule has 1 N–H and O–H groups in total. The maximum atomic E-state index is 12.7. The van der Waals surface area contributed by atoms with Crippen molar-refractivity contribution in [1.29, 1.82) is 0 Å². The molecule has 76 valence electrons. The molecule has 2 rings (SSSR count). The van der Waals surface area contributed by atoms with Gasteiger partial charge in [0.05, 0.1) is 0 Å². The molecule has 0 aliphatic carbocycles. The van der Waals surface area contributed by atoms with Gasteiger partial charge in [0.25, 0.3) is 0 Å². The third-order valence-corrected chi connectivity index (χ3v) is 1.94. The van der Waals surface area contributed by atoms with Crippen molar-refractivity contribution in [1.82, 2.24) is 9.97 Å². The number of aryl methyl sites for hydroxylation is 1. The van der Waals surface area contributed by atoms with Crippen LogP contribution in [0.4, 0.5) is 4.39 Å². The molecule has 0 spiro atoms. The monoisotopic (exact) mass is 204 g/mol. The van der Waals surface area contributed by atoms with Gasteiger partial charge in [-0.25, -0.2) is 9.37 Å². The zero-order valence-corrected chi connectivity index (χ0v) is 8.11. The molecule has 1 heterocycles. The van der Waals surface area contributed by atoms with Gasteiger partial charge in [-0.3, -0.25) is 0 Å². The van der Waals surface area contributed by atoms with Crippen molar-refractivity contribution in [2.24, 2.45) is 0 Å². The van der Waals surface area contributed by atoms with E-state index in [9.17, 15) is 9.50 Å². The first-order valence-corrected chi connectivity index (χ1v) is 4.46. The average molecular weight is 204 g/mol. The number of hydrogen-bond acceptors (Lipinski definition) is 3. The predicted molar refractivity (Wildman–Crippen MR) is 53.8 cm³/mol. The fourth-order valence-electron chi connectivity index (χ4n) is 1.28. The van der Waals surface area contributed by atoms with Crippen molar-refractivity contribution in [3.63, 3.8) is 0 Å². The Kier molecular flexibility index (Phi) is 2.33. The molecule has 0 unspecified atom stereocenters. The molecule has 0 saturated heterocycles. The van der Waals surface area contributed by atoms with Gasteiger partial charge in [-0.05, 0) is 31.2 Å². The minimum Gasteiger partial charge on any atom is -0.493 e. The van der Waals surface area contributed by atoms with E-state index in [-0.39, 0.29) is 11.7 Å². The van der Waals surface area contributed by atoms with Crippen LogP contribution in [0.5, 0.6) is 5.88 Å². The van der Waals surface area contributed by atoms with Crippen molar-refractivity contribution in [3.8, 4) is 17.3 Å². The fourth-order valence-corrected chi connectivity index (χ4v) is 1.28. The van der Waals surface area contributed by atoms with Gasteiger partial charge in [0.2, 0.25) is 5.88 Å². The highest BCUT2D eigenvalue weighted by Crippen LogP contribution is 2.18. The molecule has 0 amide bonds. The highest BCUT2D eigenvalue weighted by molar-refractivity contribution is 5.55. The second-order valence-electron chi connectivity index (χ2n) is 3.20. The molecule has 0 radical (unpaired) electrons. The van der Waals surface area contributed by atoms with Gasteiger partial charge in [-0.2, -0.15) is 4.98 Å². The quantitative estimate of drug-likeness (QED) is 0.775. The first kappa shape index (κ1) is 9.58. The van der Waals surface area contributed by atoms with Crippen LogP contribution in [0.3, 0.4) is 0 Å². The minimum absolute atomic E-state index is 0.0816. The summed E-state index contributed by atoms with van der Waals surface area (Å²) in [5.41, 5.74) is 1.34. The summed E-state index contributed by atoms with van der Waals surface area (Å²) >= 11 is 0. The molecule has 2 aromatic rings. The fraction of sp³-hybridized carbons (Fsp3) is 0.0909. The third kappa shape index (κ3) is 2.10. The van der Waals surface area contributed by atoms with Gasteiger partial charge in [0.15, 0.2) is 5.82 Å². The lowest BCUT2D eigenvalue weighted by molar-refractivity contribution is 0.452. The lowest BCUT2D eigenvalue weighted by Gasteiger charge is -2.01. The molecule has 4 heteroatoms. The zero-order chi connectivity index (χ0) is 10.8. The Bertz CT molecular complexity index is 462. The molecular formula is C11H9FN2O. The summed E-state index contributed by atoms with van der Waals surface area (Å²) in [6, 6.07) is 7.27. The van der Waals surface area contributed by atoms with Gasteiger partial charge < -0.3 is 5.11 Å². The number of aromatic hydroxyl groups is 1. The Morgan fingerprint density at radius 1 is 1.13 bits per heavy atom. The highest BCUT2D eigenvalue weighted by atomic mass is 19.1. The van der Waals surface area contributed by atoms with E-state index in [0.717, 1.165) is 0 Å². The van der Waals surface area contributed by atoms with Crippen LogP contribution in [0.1, 0.15) is 5.69 Å². The van der Waals surface area contributed by atoms with E-state index in [2.05, 4.69) is 9.97 Å². The Morgan fingerprint density at radius 3 is 2.40 bits per heavy atom. The topological polar surface area (TPSA) is 46.0 Å². The predicted octanol–water partition coefficient (Wildman–Crippen LogP) is 2.30. The first-order chi connectivity index (χ1) is 7.15. The molecule has 1 aromatic heterocycles. The lowest BCUT2D eigenvalue weighted by Crippen LogP contribution is -1.91. The summed E-state index contributed by atoms with van der Waals surface area (Å²) < 4.78 is 12.7. The first-order valence-electron chi connectivity index (χ1n) is 4.46. The molecule has 0 fully saturated rings. The van der Waals surface area contributed by atoms with Crippen LogP contribution in [-0.2, 0) is 0 Å². The molecule has 15 heavy (non-hydrogen) atoms. The summed E-state index contributed by atoms with van der Waals surface area (Å²) in [5.74, 6) is 0.00458. The number of aromatic nitrogens is 2. The largest absolute Gasteiger partial charge is 0.493 e. The summed E-state index contributed by atoms with van der Waals surface area (Å²) in [7, 11) is 0. The molecule has 0 bridgehead atoms. The highest BCUT2D eigenvalue weighted by Gasteiger charge is 2.03. The maximum absolute atomic E-state index is 12.7. The van der Waals surface area contributed by atoms with Crippen molar-refractivity contribution in [3.05, 3.63) is 41.8 Å². The van der Waals surface area contributed by atoms with Gasteiger partial charge >= 0.3 is 0 Å². The number of nitrogens with zero attached hydrogens (tertiary/aromatic N) is 2. The SMILES string of the molecule is Cc1cc(O)nc(-c2ccc(F)cc2)n1. The van der Waals surface area contributed by atoms with E-state index in [1.165, 1.54) is 18.2 Å². The summed E-state index contributed by atoms with van der Waals surface area (Å²) in [6.45, 7) is 1.76. The standard InChI is InChI=1S/C11H9FN2O/c1-7-6-10(15)14-11(13-7)8-2-4-9(12)5-3-8/h2-6H,1H3,(H,13,14,15). The molecule has 0 atom stereocenters. The Morgan fingerprint density at radius 2 is 1.80 bits per heavy atom. The van der Waals surface area contributed by atoms with Crippen molar-refractivity contribution < 1.29 is 9.50 Å². The van der Waals surface area contributed by atoms with Crippen LogP contribution in [-0.4, -0.2) is 15.1 Å². The summed E-state index contributed by atoms with van der Waals surface area (Å²) in [5, 5.41) is 9.28. The van der Waals surface area contributed by atoms with Gasteiger partial charge in [-0.1, -0.05) is 0 Å². The molecule has 0 saturated carbocycles. The average Bonchev–Trinajstić information content (AvgIpc) is 2.17. The van der Waals surface area contributed by atoms with Crippen molar-refractivity contribution in [2.75, 3.05) is 0 Å². The number of benzene rings is 1. The molecule has 0 aliphatic heterocycles. The Hall–Kier alpha value is -1.97. The minimum atomic E-state index is -0.310.